The Morgan fingerprint density at radius 1 is 0.975 bits per heavy atom. The highest BCUT2D eigenvalue weighted by Gasteiger charge is 2.41. The number of aromatic nitrogens is 2. The van der Waals surface area contributed by atoms with Crippen LogP contribution in [-0.4, -0.2) is 38.8 Å². The van der Waals surface area contributed by atoms with E-state index in [9.17, 15) is 27.9 Å². The molecule has 1 heterocycles. The first-order valence-electron chi connectivity index (χ1n) is 12.1. The Balaban J connectivity index is 0.000000195. The molecular formula is C30H27F3N2O5. The molecule has 5 rings (SSSR count). The molecule has 3 aromatic carbocycles. The number of benzene rings is 3. The van der Waals surface area contributed by atoms with E-state index in [0.29, 0.717) is 12.2 Å². The average molecular weight is 553 g/mol. The fourth-order valence-electron chi connectivity index (χ4n) is 4.06. The lowest BCUT2D eigenvalue weighted by Gasteiger charge is -2.31. The minimum absolute atomic E-state index is 0.0155. The van der Waals surface area contributed by atoms with Crippen LogP contribution in [0.25, 0.3) is 16.3 Å². The van der Waals surface area contributed by atoms with E-state index in [4.69, 9.17) is 9.84 Å². The SMILES string of the molecule is CC1(C(=O)O)CC(C(=O)O)=CC=C1c1ccccc1.FC(F)F.c1ccc2cc(OCc3ncc[nH]3)ccc2c1. The van der Waals surface area contributed by atoms with Gasteiger partial charge in [0.2, 0.25) is 0 Å². The number of aliphatic carboxylic acids is 2. The number of ether oxygens (including phenoxy) is 1. The first-order chi connectivity index (χ1) is 19.1. The highest BCUT2D eigenvalue weighted by molar-refractivity contribution is 5.98. The highest BCUT2D eigenvalue weighted by Crippen LogP contribution is 2.43. The van der Waals surface area contributed by atoms with Crippen molar-refractivity contribution in [3.05, 3.63) is 114 Å². The Morgan fingerprint density at radius 2 is 1.62 bits per heavy atom. The van der Waals surface area contributed by atoms with Crippen molar-refractivity contribution < 1.29 is 37.7 Å². The molecule has 0 saturated carbocycles. The van der Waals surface area contributed by atoms with Gasteiger partial charge < -0.3 is 19.9 Å². The summed E-state index contributed by atoms with van der Waals surface area (Å²) in [5.41, 5.74) is 0.326. The number of fused-ring (bicyclic) bond motifs is 1. The molecule has 4 aromatic rings. The molecule has 40 heavy (non-hydrogen) atoms. The number of imidazole rings is 1. The third kappa shape index (κ3) is 8.07. The summed E-state index contributed by atoms with van der Waals surface area (Å²) in [7, 11) is 0. The van der Waals surface area contributed by atoms with Crippen LogP contribution in [0.2, 0.25) is 0 Å². The second-order valence-corrected chi connectivity index (χ2v) is 8.84. The predicted octanol–water partition coefficient (Wildman–Crippen LogP) is 6.90. The number of aromatic amines is 1. The standard InChI is InChI=1S/C15H14O4.C14H12N2O.CHF3/c1-15(14(18)19)9-11(13(16)17)7-8-12(15)10-5-3-2-4-6-10;1-2-4-12-9-13(6-5-11(12)3-1)17-10-14-15-7-8-16-14;2-1(3)4/h2-8H,9H2,1H3,(H,16,17)(H,18,19);1-9H,10H2,(H,15,16);1H. The first kappa shape index (κ1) is 29.7. The zero-order valence-corrected chi connectivity index (χ0v) is 21.4. The van der Waals surface area contributed by atoms with Crippen molar-refractivity contribution in [1.82, 2.24) is 9.97 Å². The van der Waals surface area contributed by atoms with E-state index in [0.717, 1.165) is 17.1 Å². The molecule has 0 aliphatic heterocycles. The van der Waals surface area contributed by atoms with E-state index in [1.54, 1.807) is 25.4 Å². The lowest BCUT2D eigenvalue weighted by molar-refractivity contribution is -0.144. The molecule has 208 valence electrons. The van der Waals surface area contributed by atoms with Crippen LogP contribution in [0, 0.1) is 5.41 Å². The lowest BCUT2D eigenvalue weighted by Crippen LogP contribution is -2.32. The fraction of sp³-hybridized carbons (Fsp3) is 0.167. The van der Waals surface area contributed by atoms with Gasteiger partial charge in [0.05, 0.1) is 5.41 Å². The van der Waals surface area contributed by atoms with Crippen LogP contribution in [-0.2, 0) is 16.2 Å². The summed E-state index contributed by atoms with van der Waals surface area (Å²) in [4.78, 5) is 29.7. The summed E-state index contributed by atoms with van der Waals surface area (Å²) < 4.78 is 34.7. The number of allylic oxidation sites excluding steroid dienone is 2. The summed E-state index contributed by atoms with van der Waals surface area (Å²) >= 11 is 0. The second kappa shape index (κ2) is 13.8. The van der Waals surface area contributed by atoms with Crippen molar-refractivity contribution in [3.8, 4) is 5.75 Å². The number of rotatable bonds is 6. The summed E-state index contributed by atoms with van der Waals surface area (Å²) in [6.07, 6.45) is 6.57. The number of H-pyrrole nitrogens is 1. The zero-order valence-electron chi connectivity index (χ0n) is 21.4. The molecule has 0 bridgehead atoms. The van der Waals surface area contributed by atoms with Gasteiger partial charge in [-0.1, -0.05) is 72.8 Å². The molecule has 3 N–H and O–H groups in total. The van der Waals surface area contributed by atoms with Crippen molar-refractivity contribution in [2.75, 3.05) is 0 Å². The molecular weight excluding hydrogens is 525 g/mol. The van der Waals surface area contributed by atoms with Crippen LogP contribution in [0.5, 0.6) is 5.75 Å². The van der Waals surface area contributed by atoms with Crippen molar-refractivity contribution in [3.63, 3.8) is 0 Å². The fourth-order valence-corrected chi connectivity index (χ4v) is 4.06. The van der Waals surface area contributed by atoms with Gasteiger partial charge in [0.25, 0.3) is 0 Å². The quantitative estimate of drug-likeness (QED) is 0.240. The molecule has 0 spiro atoms. The maximum atomic E-state index is 11.6. The van der Waals surface area contributed by atoms with E-state index in [1.165, 1.54) is 16.8 Å². The topological polar surface area (TPSA) is 113 Å². The molecule has 1 atom stereocenters. The smallest absolute Gasteiger partial charge is 0.379 e. The number of halogens is 3. The normalized spacial score (nSPS) is 16.0. The molecule has 1 aromatic heterocycles. The zero-order chi connectivity index (χ0) is 29.1. The molecule has 1 aliphatic rings. The molecule has 0 saturated heterocycles. The van der Waals surface area contributed by atoms with E-state index in [2.05, 4.69) is 28.2 Å². The first-order valence-corrected chi connectivity index (χ1v) is 12.1. The highest BCUT2D eigenvalue weighted by atomic mass is 19.4. The second-order valence-electron chi connectivity index (χ2n) is 8.84. The van der Waals surface area contributed by atoms with Gasteiger partial charge in [0, 0.05) is 18.0 Å². The molecule has 10 heteroatoms. The van der Waals surface area contributed by atoms with Crippen molar-refractivity contribution >= 4 is 28.3 Å². The predicted molar refractivity (Wildman–Crippen MR) is 144 cm³/mol. The lowest BCUT2D eigenvalue weighted by atomic mass is 9.71. The molecule has 7 nitrogen and oxygen atoms in total. The van der Waals surface area contributed by atoms with Crippen molar-refractivity contribution in [2.24, 2.45) is 5.41 Å². The van der Waals surface area contributed by atoms with E-state index in [1.807, 2.05) is 54.6 Å². The van der Waals surface area contributed by atoms with Crippen LogP contribution in [0.3, 0.4) is 0 Å². The van der Waals surface area contributed by atoms with Gasteiger partial charge in [-0.25, -0.2) is 9.78 Å². The Bertz CT molecular complexity index is 1490. The third-order valence-electron chi connectivity index (χ3n) is 6.07. The number of hydrogen-bond donors (Lipinski definition) is 3. The number of carboxylic acids is 2. The van der Waals surface area contributed by atoms with Crippen LogP contribution in [0.4, 0.5) is 13.2 Å². The summed E-state index contributed by atoms with van der Waals surface area (Å²) in [6.45, 7) is -1.64. The van der Waals surface area contributed by atoms with Crippen molar-refractivity contribution in [1.29, 1.82) is 0 Å². The summed E-state index contributed by atoms with van der Waals surface area (Å²) in [5.74, 6) is -0.399. The maximum Gasteiger partial charge on any atom is 0.379 e. The number of nitrogens with zero attached hydrogens (tertiary/aromatic N) is 1. The van der Waals surface area contributed by atoms with E-state index >= 15 is 0 Å². The minimum Gasteiger partial charge on any atom is -0.486 e. The number of alkyl halides is 3. The summed E-state index contributed by atoms with van der Waals surface area (Å²) in [5, 5.41) is 20.9. The Kier molecular flexibility index (Phi) is 10.2. The Morgan fingerprint density at radius 3 is 2.23 bits per heavy atom. The average Bonchev–Trinajstić information content (AvgIpc) is 3.46. The largest absolute Gasteiger partial charge is 0.486 e. The minimum atomic E-state index is -3.67. The third-order valence-corrected chi connectivity index (χ3v) is 6.07. The van der Waals surface area contributed by atoms with Gasteiger partial charge >= 0.3 is 18.6 Å². The maximum absolute atomic E-state index is 11.6. The van der Waals surface area contributed by atoms with Crippen LogP contribution >= 0.6 is 0 Å². The number of carboxylic acid groups (broad SMARTS) is 2. The summed E-state index contributed by atoms with van der Waals surface area (Å²) in [6, 6.07) is 23.5. The van der Waals surface area contributed by atoms with Gasteiger partial charge in [0.1, 0.15) is 18.2 Å². The van der Waals surface area contributed by atoms with Crippen LogP contribution in [0.15, 0.2) is 103 Å². The van der Waals surface area contributed by atoms with Crippen LogP contribution < -0.4 is 4.74 Å². The van der Waals surface area contributed by atoms with Gasteiger partial charge in [-0.2, -0.15) is 13.2 Å². The monoisotopic (exact) mass is 552 g/mol. The van der Waals surface area contributed by atoms with Gasteiger partial charge in [0.15, 0.2) is 0 Å². The van der Waals surface area contributed by atoms with Crippen LogP contribution in [0.1, 0.15) is 24.7 Å². The Labute approximate surface area is 228 Å². The van der Waals surface area contributed by atoms with E-state index < -0.39 is 24.0 Å². The van der Waals surface area contributed by atoms with Gasteiger partial charge in [-0.05, 0) is 47.4 Å². The van der Waals surface area contributed by atoms with Gasteiger partial charge in [-0.3, -0.25) is 4.79 Å². The Hall–Kier alpha value is -4.86. The molecule has 0 fully saturated rings. The number of hydrogen-bond acceptors (Lipinski definition) is 4. The number of carbonyl (C=O) groups is 2. The molecule has 1 aliphatic carbocycles. The number of nitrogens with one attached hydrogen (secondary N) is 1. The molecule has 0 amide bonds. The van der Waals surface area contributed by atoms with Gasteiger partial charge in [-0.15, -0.1) is 0 Å². The molecule has 1 unspecified atom stereocenters. The van der Waals surface area contributed by atoms with E-state index in [-0.39, 0.29) is 12.0 Å². The molecule has 0 radical (unpaired) electrons. The van der Waals surface area contributed by atoms with Crippen molar-refractivity contribution in [2.45, 2.75) is 26.6 Å².